The van der Waals surface area contributed by atoms with Crippen molar-refractivity contribution in [1.29, 1.82) is 0 Å². The lowest BCUT2D eigenvalue weighted by Gasteiger charge is -2.21. The first-order chi connectivity index (χ1) is 6.13. The van der Waals surface area contributed by atoms with Gasteiger partial charge in [-0.15, -0.1) is 0 Å². The van der Waals surface area contributed by atoms with Gasteiger partial charge in [0.2, 0.25) is 0 Å². The van der Waals surface area contributed by atoms with E-state index >= 15 is 0 Å². The number of hydrogen-bond donors (Lipinski definition) is 2. The largest absolute Gasteiger partial charge is 0.481 e. The molecule has 0 aromatic heterocycles. The third kappa shape index (κ3) is 2.97. The highest BCUT2D eigenvalue weighted by atomic mass is 16.4. The summed E-state index contributed by atoms with van der Waals surface area (Å²) in [4.78, 5) is 13.0. The van der Waals surface area contributed by atoms with E-state index in [0.29, 0.717) is 19.1 Å². The van der Waals surface area contributed by atoms with Gasteiger partial charge in [0, 0.05) is 25.7 Å². The number of carbonyl (C=O) groups is 1. The second kappa shape index (κ2) is 4.58. The van der Waals surface area contributed by atoms with Crippen LogP contribution in [0, 0.1) is 5.92 Å². The van der Waals surface area contributed by atoms with Crippen molar-refractivity contribution in [2.75, 3.05) is 26.2 Å². The summed E-state index contributed by atoms with van der Waals surface area (Å²) in [6.45, 7) is 7.29. The summed E-state index contributed by atoms with van der Waals surface area (Å²) in [6, 6.07) is 0.393. The van der Waals surface area contributed by atoms with Crippen LogP contribution in [0.15, 0.2) is 0 Å². The van der Waals surface area contributed by atoms with E-state index in [2.05, 4.69) is 24.1 Å². The molecule has 0 aromatic rings. The van der Waals surface area contributed by atoms with Gasteiger partial charge < -0.3 is 15.3 Å². The Bertz CT molecular complexity index is 184. The highest BCUT2D eigenvalue weighted by molar-refractivity contribution is 5.70. The van der Waals surface area contributed by atoms with Crippen molar-refractivity contribution in [3.63, 3.8) is 0 Å². The fourth-order valence-electron chi connectivity index (χ4n) is 1.67. The molecule has 4 nitrogen and oxygen atoms in total. The van der Waals surface area contributed by atoms with Crippen LogP contribution in [0.4, 0.5) is 0 Å². The lowest BCUT2D eigenvalue weighted by Crippen LogP contribution is -2.35. The number of rotatable bonds is 2. The van der Waals surface area contributed by atoms with Gasteiger partial charge in [-0.3, -0.25) is 4.79 Å². The zero-order valence-electron chi connectivity index (χ0n) is 8.29. The number of nitrogens with zero attached hydrogens (tertiary/aromatic N) is 1. The Morgan fingerprint density at radius 2 is 2.31 bits per heavy atom. The molecule has 1 saturated heterocycles. The Balaban J connectivity index is 2.56. The van der Waals surface area contributed by atoms with Gasteiger partial charge in [0.25, 0.3) is 0 Å². The van der Waals surface area contributed by atoms with Crippen LogP contribution in [-0.4, -0.2) is 48.2 Å². The Morgan fingerprint density at radius 3 is 2.85 bits per heavy atom. The molecule has 0 spiro atoms. The maximum absolute atomic E-state index is 10.8. The molecule has 2 atom stereocenters. The summed E-state index contributed by atoms with van der Waals surface area (Å²) >= 11 is 0. The molecule has 2 N–H and O–H groups in total. The van der Waals surface area contributed by atoms with E-state index in [9.17, 15) is 4.79 Å². The summed E-state index contributed by atoms with van der Waals surface area (Å²) in [5.74, 6) is -0.954. The average Bonchev–Trinajstić information content (AvgIpc) is 2.26. The van der Waals surface area contributed by atoms with Crippen molar-refractivity contribution in [3.05, 3.63) is 0 Å². The molecule has 2 unspecified atom stereocenters. The minimum Gasteiger partial charge on any atom is -0.481 e. The van der Waals surface area contributed by atoms with Crippen LogP contribution in [-0.2, 0) is 4.79 Å². The molecule has 0 bridgehead atoms. The number of carboxylic acid groups (broad SMARTS) is 1. The van der Waals surface area contributed by atoms with Gasteiger partial charge in [-0.2, -0.15) is 0 Å². The van der Waals surface area contributed by atoms with Crippen LogP contribution in [0.3, 0.4) is 0 Å². The van der Waals surface area contributed by atoms with Crippen LogP contribution < -0.4 is 5.32 Å². The van der Waals surface area contributed by atoms with E-state index in [-0.39, 0.29) is 5.92 Å². The fraction of sp³-hybridized carbons (Fsp3) is 0.889. The number of likely N-dealkylation sites (N-methyl/N-ethyl adjacent to an activating group) is 1. The molecule has 1 rings (SSSR count). The van der Waals surface area contributed by atoms with Crippen molar-refractivity contribution in [2.45, 2.75) is 19.9 Å². The Morgan fingerprint density at radius 1 is 1.62 bits per heavy atom. The first-order valence-corrected chi connectivity index (χ1v) is 4.82. The topological polar surface area (TPSA) is 52.6 Å². The Hall–Kier alpha value is -0.610. The predicted molar refractivity (Wildman–Crippen MR) is 50.7 cm³/mol. The molecule has 1 aliphatic rings. The molecule has 0 saturated carbocycles. The zero-order chi connectivity index (χ0) is 9.84. The van der Waals surface area contributed by atoms with Crippen LogP contribution >= 0.6 is 0 Å². The standard InChI is InChI=1S/C9H18N2O2/c1-3-11-5-7(2)10-4-8(6-11)9(12)13/h7-8,10H,3-6H2,1-2H3,(H,12,13). The molecule has 0 radical (unpaired) electrons. The van der Waals surface area contributed by atoms with E-state index in [4.69, 9.17) is 5.11 Å². The monoisotopic (exact) mass is 186 g/mol. The Kier molecular flexibility index (Phi) is 3.69. The van der Waals surface area contributed by atoms with Crippen molar-refractivity contribution < 1.29 is 9.90 Å². The maximum Gasteiger partial charge on any atom is 0.309 e. The minimum absolute atomic E-state index is 0.259. The highest BCUT2D eigenvalue weighted by Crippen LogP contribution is 2.06. The molecule has 1 fully saturated rings. The maximum atomic E-state index is 10.8. The molecule has 1 heterocycles. The number of aliphatic carboxylic acids is 1. The van der Waals surface area contributed by atoms with Crippen molar-refractivity contribution in [1.82, 2.24) is 10.2 Å². The van der Waals surface area contributed by atoms with Crippen LogP contribution in [0.25, 0.3) is 0 Å². The lowest BCUT2D eigenvalue weighted by molar-refractivity contribution is -0.141. The molecule has 0 aliphatic carbocycles. The van der Waals surface area contributed by atoms with Gasteiger partial charge in [-0.25, -0.2) is 0 Å². The molecule has 13 heavy (non-hydrogen) atoms. The average molecular weight is 186 g/mol. The number of carboxylic acids is 1. The van der Waals surface area contributed by atoms with E-state index in [1.54, 1.807) is 0 Å². The molecule has 1 aliphatic heterocycles. The summed E-state index contributed by atoms with van der Waals surface area (Å²) < 4.78 is 0. The normalized spacial score (nSPS) is 31.2. The molecule has 4 heteroatoms. The molecule has 76 valence electrons. The van der Waals surface area contributed by atoms with Crippen molar-refractivity contribution in [2.24, 2.45) is 5.92 Å². The van der Waals surface area contributed by atoms with Crippen molar-refractivity contribution in [3.8, 4) is 0 Å². The molecule has 0 aromatic carbocycles. The number of nitrogens with one attached hydrogen (secondary N) is 1. The van der Waals surface area contributed by atoms with Crippen LogP contribution in [0.5, 0.6) is 0 Å². The minimum atomic E-state index is -0.694. The summed E-state index contributed by atoms with van der Waals surface area (Å²) in [6.07, 6.45) is 0. The SMILES string of the molecule is CCN1CC(C)NCC(C(=O)O)C1. The Labute approximate surface area is 78.9 Å². The first kappa shape index (κ1) is 10.5. The quantitative estimate of drug-likeness (QED) is 0.637. The van der Waals surface area contributed by atoms with Gasteiger partial charge in [0.15, 0.2) is 0 Å². The second-order valence-corrected chi connectivity index (χ2v) is 3.70. The van der Waals surface area contributed by atoms with E-state index in [1.807, 2.05) is 0 Å². The van der Waals surface area contributed by atoms with Crippen LogP contribution in [0.2, 0.25) is 0 Å². The van der Waals surface area contributed by atoms with Gasteiger partial charge in [-0.05, 0) is 13.5 Å². The lowest BCUT2D eigenvalue weighted by atomic mass is 10.1. The van der Waals surface area contributed by atoms with E-state index in [1.165, 1.54) is 0 Å². The highest BCUT2D eigenvalue weighted by Gasteiger charge is 2.24. The number of hydrogen-bond acceptors (Lipinski definition) is 3. The summed E-state index contributed by atoms with van der Waals surface area (Å²) in [5, 5.41) is 12.1. The van der Waals surface area contributed by atoms with Gasteiger partial charge >= 0.3 is 5.97 Å². The third-order valence-electron chi connectivity index (χ3n) is 2.52. The van der Waals surface area contributed by atoms with Gasteiger partial charge in [0.05, 0.1) is 5.92 Å². The van der Waals surface area contributed by atoms with E-state index in [0.717, 1.165) is 13.1 Å². The smallest absolute Gasteiger partial charge is 0.309 e. The molecular weight excluding hydrogens is 168 g/mol. The predicted octanol–water partition coefficient (Wildman–Crippen LogP) is 0.000800. The molecule has 0 amide bonds. The van der Waals surface area contributed by atoms with Gasteiger partial charge in [0.1, 0.15) is 0 Å². The zero-order valence-corrected chi connectivity index (χ0v) is 8.29. The third-order valence-corrected chi connectivity index (χ3v) is 2.52. The summed E-state index contributed by atoms with van der Waals surface area (Å²) in [5.41, 5.74) is 0. The fourth-order valence-corrected chi connectivity index (χ4v) is 1.67. The first-order valence-electron chi connectivity index (χ1n) is 4.82. The van der Waals surface area contributed by atoms with Crippen molar-refractivity contribution >= 4 is 5.97 Å². The second-order valence-electron chi connectivity index (χ2n) is 3.70. The van der Waals surface area contributed by atoms with Crippen LogP contribution in [0.1, 0.15) is 13.8 Å². The van der Waals surface area contributed by atoms with E-state index < -0.39 is 5.97 Å². The van der Waals surface area contributed by atoms with Gasteiger partial charge in [-0.1, -0.05) is 6.92 Å². The molecular formula is C9H18N2O2. The summed E-state index contributed by atoms with van der Waals surface area (Å²) in [7, 11) is 0.